The normalized spacial score (nSPS) is 20.4. The van der Waals surface area contributed by atoms with E-state index in [2.05, 4.69) is 42.5 Å². The van der Waals surface area contributed by atoms with Gasteiger partial charge in [-0.1, -0.05) is 11.6 Å². The van der Waals surface area contributed by atoms with Crippen LogP contribution in [0.5, 0.6) is 0 Å². The van der Waals surface area contributed by atoms with Gasteiger partial charge in [-0.3, -0.25) is 0 Å². The molecule has 1 aliphatic rings. The molecule has 0 aliphatic carbocycles. The summed E-state index contributed by atoms with van der Waals surface area (Å²) in [5.41, 5.74) is 5.53. The summed E-state index contributed by atoms with van der Waals surface area (Å²) in [5, 5.41) is 4.94. The SMILES string of the molecule is Cc1cc(C)c2[nH]cc(CC3CCCNC3)c2c1. The van der Waals surface area contributed by atoms with Crippen LogP contribution in [0.2, 0.25) is 0 Å². The number of aryl methyl sites for hydroxylation is 2. The molecule has 2 heteroatoms. The van der Waals surface area contributed by atoms with Gasteiger partial charge in [0.1, 0.15) is 0 Å². The van der Waals surface area contributed by atoms with Gasteiger partial charge in [0.05, 0.1) is 0 Å². The van der Waals surface area contributed by atoms with Crippen molar-refractivity contribution in [1.82, 2.24) is 10.3 Å². The van der Waals surface area contributed by atoms with Crippen LogP contribution in [0.1, 0.15) is 29.5 Å². The molecule has 1 atom stereocenters. The minimum absolute atomic E-state index is 0.804. The second-order valence-corrected chi connectivity index (χ2v) is 5.73. The molecule has 0 radical (unpaired) electrons. The molecule has 18 heavy (non-hydrogen) atoms. The summed E-state index contributed by atoms with van der Waals surface area (Å²) in [4.78, 5) is 3.45. The van der Waals surface area contributed by atoms with Gasteiger partial charge in [0.25, 0.3) is 0 Å². The van der Waals surface area contributed by atoms with Crippen molar-refractivity contribution in [2.75, 3.05) is 13.1 Å². The van der Waals surface area contributed by atoms with Crippen LogP contribution in [0.15, 0.2) is 18.3 Å². The lowest BCUT2D eigenvalue weighted by atomic mass is 9.91. The molecule has 2 N–H and O–H groups in total. The van der Waals surface area contributed by atoms with E-state index in [1.807, 2.05) is 0 Å². The molecule has 96 valence electrons. The van der Waals surface area contributed by atoms with E-state index in [0.717, 1.165) is 5.92 Å². The largest absolute Gasteiger partial charge is 0.361 e. The first kappa shape index (κ1) is 11.8. The number of aromatic nitrogens is 1. The molecule has 2 aromatic rings. The second kappa shape index (κ2) is 4.77. The molecule has 0 amide bonds. The molecule has 1 aromatic carbocycles. The number of fused-ring (bicyclic) bond motifs is 1. The second-order valence-electron chi connectivity index (χ2n) is 5.73. The molecule has 1 aliphatic heterocycles. The first-order chi connectivity index (χ1) is 8.74. The van der Waals surface area contributed by atoms with Gasteiger partial charge < -0.3 is 10.3 Å². The maximum atomic E-state index is 3.51. The Balaban J connectivity index is 1.92. The van der Waals surface area contributed by atoms with Crippen LogP contribution >= 0.6 is 0 Å². The lowest BCUT2D eigenvalue weighted by Crippen LogP contribution is -2.30. The summed E-state index contributed by atoms with van der Waals surface area (Å²) in [6.07, 6.45) is 6.11. The lowest BCUT2D eigenvalue weighted by Gasteiger charge is -2.22. The van der Waals surface area contributed by atoms with E-state index in [0.29, 0.717) is 0 Å². The third-order valence-corrected chi connectivity index (χ3v) is 4.12. The average Bonchev–Trinajstić information content (AvgIpc) is 2.74. The smallest absolute Gasteiger partial charge is 0.0486 e. The van der Waals surface area contributed by atoms with Gasteiger partial charge in [0.2, 0.25) is 0 Å². The highest BCUT2D eigenvalue weighted by Gasteiger charge is 2.16. The molecule has 2 heterocycles. The summed E-state index contributed by atoms with van der Waals surface area (Å²) in [5.74, 6) is 0.804. The molecule has 1 aromatic heterocycles. The average molecular weight is 242 g/mol. The van der Waals surface area contributed by atoms with Crippen LogP contribution in [0.3, 0.4) is 0 Å². The van der Waals surface area contributed by atoms with Gasteiger partial charge in [-0.15, -0.1) is 0 Å². The predicted molar refractivity (Wildman–Crippen MR) is 77.1 cm³/mol. The molecular formula is C16H22N2. The zero-order valence-corrected chi connectivity index (χ0v) is 11.3. The van der Waals surface area contributed by atoms with E-state index < -0.39 is 0 Å². The van der Waals surface area contributed by atoms with Crippen LogP contribution in [0.25, 0.3) is 10.9 Å². The fraction of sp³-hybridized carbons (Fsp3) is 0.500. The van der Waals surface area contributed by atoms with Crippen LogP contribution in [0, 0.1) is 19.8 Å². The summed E-state index contributed by atoms with van der Waals surface area (Å²) in [6.45, 7) is 6.75. The molecular weight excluding hydrogens is 220 g/mol. The first-order valence-corrected chi connectivity index (χ1v) is 7.02. The molecule has 1 unspecified atom stereocenters. The highest BCUT2D eigenvalue weighted by Crippen LogP contribution is 2.26. The van der Waals surface area contributed by atoms with E-state index in [1.165, 1.54) is 59.9 Å². The topological polar surface area (TPSA) is 27.8 Å². The lowest BCUT2D eigenvalue weighted by molar-refractivity contribution is 0.377. The van der Waals surface area contributed by atoms with E-state index in [4.69, 9.17) is 0 Å². The number of H-pyrrole nitrogens is 1. The van der Waals surface area contributed by atoms with Gasteiger partial charge in [-0.25, -0.2) is 0 Å². The number of piperidine rings is 1. The Bertz CT molecular complexity index is 547. The molecule has 3 rings (SSSR count). The van der Waals surface area contributed by atoms with E-state index >= 15 is 0 Å². The highest BCUT2D eigenvalue weighted by atomic mass is 14.9. The van der Waals surface area contributed by atoms with Gasteiger partial charge in [-0.05, 0) is 69.3 Å². The molecule has 0 spiro atoms. The van der Waals surface area contributed by atoms with Gasteiger partial charge in [0.15, 0.2) is 0 Å². The highest BCUT2D eigenvalue weighted by molar-refractivity contribution is 5.86. The zero-order chi connectivity index (χ0) is 12.5. The Hall–Kier alpha value is -1.28. The van der Waals surface area contributed by atoms with E-state index in [-0.39, 0.29) is 0 Å². The fourth-order valence-corrected chi connectivity index (χ4v) is 3.23. The zero-order valence-electron chi connectivity index (χ0n) is 11.3. The standard InChI is InChI=1S/C16H22N2/c1-11-6-12(2)16-15(7-11)14(10-18-16)8-13-4-3-5-17-9-13/h6-7,10,13,17-18H,3-5,8-9H2,1-2H3. The molecule has 1 saturated heterocycles. The fourth-order valence-electron chi connectivity index (χ4n) is 3.23. The number of hydrogen-bond acceptors (Lipinski definition) is 1. The van der Waals surface area contributed by atoms with Gasteiger partial charge in [-0.2, -0.15) is 0 Å². The maximum Gasteiger partial charge on any atom is 0.0486 e. The number of hydrogen-bond donors (Lipinski definition) is 2. The van der Waals surface area contributed by atoms with Crippen molar-refractivity contribution < 1.29 is 0 Å². The predicted octanol–water partition coefficient (Wildman–Crippen LogP) is 3.33. The van der Waals surface area contributed by atoms with Crippen LogP contribution in [-0.4, -0.2) is 18.1 Å². The van der Waals surface area contributed by atoms with Gasteiger partial charge in [0, 0.05) is 17.1 Å². The van der Waals surface area contributed by atoms with Crippen molar-refractivity contribution in [3.05, 3.63) is 35.0 Å². The summed E-state index contributed by atoms with van der Waals surface area (Å²) in [7, 11) is 0. The van der Waals surface area contributed by atoms with Crippen molar-refractivity contribution in [2.45, 2.75) is 33.1 Å². The van der Waals surface area contributed by atoms with Crippen molar-refractivity contribution in [3.8, 4) is 0 Å². The summed E-state index contributed by atoms with van der Waals surface area (Å²) < 4.78 is 0. The van der Waals surface area contributed by atoms with Crippen molar-refractivity contribution >= 4 is 10.9 Å². The quantitative estimate of drug-likeness (QED) is 0.830. The van der Waals surface area contributed by atoms with Crippen molar-refractivity contribution in [1.29, 1.82) is 0 Å². The Morgan fingerprint density at radius 1 is 1.28 bits per heavy atom. The third-order valence-electron chi connectivity index (χ3n) is 4.12. The van der Waals surface area contributed by atoms with Crippen LogP contribution in [0.4, 0.5) is 0 Å². The summed E-state index contributed by atoms with van der Waals surface area (Å²) >= 11 is 0. The van der Waals surface area contributed by atoms with Crippen molar-refractivity contribution in [2.24, 2.45) is 5.92 Å². The third kappa shape index (κ3) is 2.17. The number of rotatable bonds is 2. The monoisotopic (exact) mass is 242 g/mol. The number of benzene rings is 1. The van der Waals surface area contributed by atoms with E-state index in [1.54, 1.807) is 0 Å². The van der Waals surface area contributed by atoms with E-state index in [9.17, 15) is 0 Å². The number of aromatic amines is 1. The molecule has 2 nitrogen and oxygen atoms in total. The first-order valence-electron chi connectivity index (χ1n) is 7.02. The van der Waals surface area contributed by atoms with Crippen LogP contribution in [-0.2, 0) is 6.42 Å². The number of nitrogens with one attached hydrogen (secondary N) is 2. The molecule has 0 saturated carbocycles. The van der Waals surface area contributed by atoms with Crippen LogP contribution < -0.4 is 5.32 Å². The maximum absolute atomic E-state index is 3.51. The Morgan fingerprint density at radius 2 is 2.17 bits per heavy atom. The van der Waals surface area contributed by atoms with Crippen molar-refractivity contribution in [3.63, 3.8) is 0 Å². The Kier molecular flexibility index (Phi) is 3.13. The molecule has 0 bridgehead atoms. The molecule has 1 fully saturated rings. The summed E-state index contributed by atoms with van der Waals surface area (Å²) in [6, 6.07) is 4.58. The van der Waals surface area contributed by atoms with Gasteiger partial charge >= 0.3 is 0 Å². The minimum Gasteiger partial charge on any atom is -0.361 e. The Labute approximate surface area is 109 Å². The Morgan fingerprint density at radius 3 is 2.94 bits per heavy atom. The minimum atomic E-state index is 0.804.